The lowest BCUT2D eigenvalue weighted by atomic mass is 9.79. The average molecular weight is 571 g/mol. The molecular formula is C29H36F2N6O4. The molecule has 4 N–H and O–H groups in total. The average Bonchev–Trinajstić information content (AvgIpc) is 3.20. The van der Waals surface area contributed by atoms with Gasteiger partial charge in [0.15, 0.2) is 6.04 Å². The summed E-state index contributed by atoms with van der Waals surface area (Å²) in [5.74, 6) is -6.35. The van der Waals surface area contributed by atoms with Gasteiger partial charge in [-0.1, -0.05) is 58.9 Å². The van der Waals surface area contributed by atoms with E-state index in [2.05, 4.69) is 20.8 Å². The van der Waals surface area contributed by atoms with Gasteiger partial charge in [-0.05, 0) is 22.7 Å². The highest BCUT2D eigenvalue weighted by Crippen LogP contribution is 2.65. The van der Waals surface area contributed by atoms with Crippen molar-refractivity contribution in [3.8, 4) is 0 Å². The SMILES string of the molecule is CC(C)(C)C(NC(=O)C1CC(F)(F)C1)C(=O)N1C[C@H]2[C@@H]([C@H]1C(=O)NC(C(N)=O)c1nncc3ccccc13)C2(C)C. The van der Waals surface area contributed by atoms with Crippen LogP contribution in [0.2, 0.25) is 0 Å². The van der Waals surface area contributed by atoms with Gasteiger partial charge < -0.3 is 21.3 Å². The van der Waals surface area contributed by atoms with E-state index in [-0.39, 0.29) is 29.5 Å². The van der Waals surface area contributed by atoms with Crippen LogP contribution < -0.4 is 16.4 Å². The number of fused-ring (bicyclic) bond motifs is 2. The first-order chi connectivity index (χ1) is 19.0. The van der Waals surface area contributed by atoms with E-state index < -0.39 is 71.9 Å². The van der Waals surface area contributed by atoms with Crippen LogP contribution in [0.25, 0.3) is 10.8 Å². The number of nitrogens with one attached hydrogen (secondary N) is 2. The van der Waals surface area contributed by atoms with Crippen molar-refractivity contribution in [3.63, 3.8) is 0 Å². The minimum absolute atomic E-state index is 0.0354. The van der Waals surface area contributed by atoms with Crippen molar-refractivity contribution in [2.24, 2.45) is 34.3 Å². The Labute approximate surface area is 236 Å². The number of likely N-dealkylation sites (tertiary alicyclic amines) is 1. The van der Waals surface area contributed by atoms with Crippen molar-refractivity contribution in [1.29, 1.82) is 0 Å². The zero-order valence-electron chi connectivity index (χ0n) is 23.8. The lowest BCUT2D eigenvalue weighted by Crippen LogP contribution is -2.61. The van der Waals surface area contributed by atoms with E-state index in [9.17, 15) is 28.0 Å². The van der Waals surface area contributed by atoms with Crippen molar-refractivity contribution < 1.29 is 28.0 Å². The van der Waals surface area contributed by atoms with E-state index >= 15 is 0 Å². The fourth-order valence-corrected chi connectivity index (χ4v) is 6.50. The highest BCUT2D eigenvalue weighted by molar-refractivity contribution is 5.97. The van der Waals surface area contributed by atoms with Crippen LogP contribution in [0.3, 0.4) is 0 Å². The van der Waals surface area contributed by atoms with Crippen LogP contribution in [-0.4, -0.2) is 63.3 Å². The number of rotatable bonds is 7. The molecular weight excluding hydrogens is 534 g/mol. The summed E-state index contributed by atoms with van der Waals surface area (Å²) in [6.07, 6.45) is 0.435. The molecule has 1 aromatic heterocycles. The number of hydrogen-bond donors (Lipinski definition) is 3. The summed E-state index contributed by atoms with van der Waals surface area (Å²) in [5, 5.41) is 14.8. The molecule has 2 unspecified atom stereocenters. The minimum Gasteiger partial charge on any atom is -0.368 e. The standard InChI is InChI=1S/C29H36F2N6O4/c1-27(2,3)22(35-24(39)15-10-29(30,31)11-15)26(41)37-13-17-18(28(17,4)5)21(37)25(40)34-20(23(32)38)19-16-9-7-6-8-14(16)12-33-36-19/h6-9,12,15,17-18,20-22H,10-11,13H2,1-5H3,(H2,32,38)(H,34,40)(H,35,39)/t17-,18-,20?,21-,22?/m0/s1. The number of nitrogens with two attached hydrogens (primary N) is 1. The number of hydrogen-bond acceptors (Lipinski definition) is 6. The molecule has 10 nitrogen and oxygen atoms in total. The predicted octanol–water partition coefficient (Wildman–Crippen LogP) is 2.33. The van der Waals surface area contributed by atoms with Gasteiger partial charge in [0, 0.05) is 36.1 Å². The number of carbonyl (C=O) groups excluding carboxylic acids is 4. The Morgan fingerprint density at radius 2 is 1.73 bits per heavy atom. The van der Waals surface area contributed by atoms with Crippen LogP contribution in [0.4, 0.5) is 8.78 Å². The summed E-state index contributed by atoms with van der Waals surface area (Å²) in [6, 6.07) is 3.86. The van der Waals surface area contributed by atoms with Crippen molar-refractivity contribution in [2.45, 2.75) is 71.5 Å². The van der Waals surface area contributed by atoms with Gasteiger partial charge in [-0.2, -0.15) is 10.2 Å². The van der Waals surface area contributed by atoms with E-state index in [1.807, 2.05) is 19.9 Å². The van der Waals surface area contributed by atoms with E-state index in [0.29, 0.717) is 10.8 Å². The summed E-state index contributed by atoms with van der Waals surface area (Å²) in [7, 11) is 0. The molecule has 41 heavy (non-hydrogen) atoms. The highest BCUT2D eigenvalue weighted by atomic mass is 19.3. The third kappa shape index (κ3) is 5.12. The fourth-order valence-electron chi connectivity index (χ4n) is 6.50. The molecule has 0 radical (unpaired) electrons. The Bertz CT molecular complexity index is 1410. The molecule has 0 bridgehead atoms. The van der Waals surface area contributed by atoms with Gasteiger partial charge in [-0.15, -0.1) is 0 Å². The van der Waals surface area contributed by atoms with Crippen molar-refractivity contribution in [2.75, 3.05) is 6.54 Å². The van der Waals surface area contributed by atoms with Gasteiger partial charge in [-0.3, -0.25) is 19.2 Å². The van der Waals surface area contributed by atoms with Crippen LogP contribution in [0.15, 0.2) is 30.5 Å². The highest BCUT2D eigenvalue weighted by Gasteiger charge is 2.70. The number of aromatic nitrogens is 2. The maximum absolute atomic E-state index is 14.0. The molecule has 5 atom stereocenters. The van der Waals surface area contributed by atoms with Gasteiger partial charge >= 0.3 is 0 Å². The van der Waals surface area contributed by atoms with E-state index in [1.54, 1.807) is 45.2 Å². The molecule has 2 aromatic rings. The van der Waals surface area contributed by atoms with Crippen LogP contribution in [0.5, 0.6) is 0 Å². The maximum atomic E-state index is 14.0. The van der Waals surface area contributed by atoms with Crippen LogP contribution in [-0.2, 0) is 19.2 Å². The Kier molecular flexibility index (Phi) is 6.81. The van der Waals surface area contributed by atoms with Crippen LogP contribution >= 0.6 is 0 Å². The maximum Gasteiger partial charge on any atom is 0.249 e. The first-order valence-corrected chi connectivity index (χ1v) is 13.8. The van der Waals surface area contributed by atoms with E-state index in [4.69, 9.17) is 5.73 Å². The van der Waals surface area contributed by atoms with Gasteiger partial charge in [0.05, 0.1) is 6.20 Å². The smallest absolute Gasteiger partial charge is 0.249 e. The van der Waals surface area contributed by atoms with Crippen molar-refractivity contribution in [1.82, 2.24) is 25.7 Å². The molecule has 2 saturated carbocycles. The number of halogens is 2. The molecule has 3 fully saturated rings. The number of primary amides is 1. The molecule has 3 aliphatic rings. The Hall–Kier alpha value is -3.70. The van der Waals surface area contributed by atoms with Crippen LogP contribution in [0, 0.1) is 28.6 Å². The summed E-state index contributed by atoms with van der Waals surface area (Å²) in [4.78, 5) is 54.8. The molecule has 5 rings (SSSR count). The molecule has 2 heterocycles. The number of alkyl halides is 2. The first kappa shape index (κ1) is 28.8. The topological polar surface area (TPSA) is 147 Å². The van der Waals surface area contributed by atoms with Gasteiger partial charge in [0.25, 0.3) is 0 Å². The van der Waals surface area contributed by atoms with Gasteiger partial charge in [0.1, 0.15) is 17.8 Å². The molecule has 2 aliphatic carbocycles. The summed E-state index contributed by atoms with van der Waals surface area (Å²) < 4.78 is 26.8. The predicted molar refractivity (Wildman–Crippen MR) is 145 cm³/mol. The monoisotopic (exact) mass is 570 g/mol. The zero-order valence-corrected chi connectivity index (χ0v) is 23.8. The third-order valence-electron chi connectivity index (χ3n) is 9.06. The quantitative estimate of drug-likeness (QED) is 0.466. The van der Waals surface area contributed by atoms with Gasteiger partial charge in [-0.25, -0.2) is 8.78 Å². The summed E-state index contributed by atoms with van der Waals surface area (Å²) >= 11 is 0. The third-order valence-corrected chi connectivity index (χ3v) is 9.06. The largest absolute Gasteiger partial charge is 0.368 e. The second kappa shape index (κ2) is 9.70. The van der Waals surface area contributed by atoms with Gasteiger partial charge in [0.2, 0.25) is 29.6 Å². The number of carbonyl (C=O) groups is 4. The number of nitrogens with zero attached hydrogens (tertiary/aromatic N) is 3. The Morgan fingerprint density at radius 1 is 1.07 bits per heavy atom. The number of amides is 4. The molecule has 220 valence electrons. The molecule has 4 amide bonds. The number of benzene rings is 1. The summed E-state index contributed by atoms with van der Waals surface area (Å²) in [5.41, 5.74) is 4.93. The normalized spacial score (nSPS) is 25.9. The minimum atomic E-state index is -2.88. The lowest BCUT2D eigenvalue weighted by molar-refractivity contribution is -0.155. The first-order valence-electron chi connectivity index (χ1n) is 13.8. The second-order valence-corrected chi connectivity index (χ2v) is 13.3. The zero-order chi connectivity index (χ0) is 30.1. The van der Waals surface area contributed by atoms with E-state index in [0.717, 1.165) is 0 Å². The molecule has 1 aliphatic heterocycles. The molecule has 0 spiro atoms. The van der Waals surface area contributed by atoms with Crippen molar-refractivity contribution in [3.05, 3.63) is 36.2 Å². The summed E-state index contributed by atoms with van der Waals surface area (Å²) in [6.45, 7) is 9.63. The molecule has 1 aromatic carbocycles. The number of piperidine rings is 1. The van der Waals surface area contributed by atoms with Crippen molar-refractivity contribution >= 4 is 34.4 Å². The second-order valence-electron chi connectivity index (χ2n) is 13.3. The van der Waals surface area contributed by atoms with Crippen LogP contribution in [0.1, 0.15) is 59.2 Å². The Morgan fingerprint density at radius 3 is 2.34 bits per heavy atom. The lowest BCUT2D eigenvalue weighted by Gasteiger charge is -2.40. The fraction of sp³-hybridized carbons (Fsp3) is 0.586. The molecule has 12 heteroatoms. The Balaban J connectivity index is 1.41. The molecule has 1 saturated heterocycles. The van der Waals surface area contributed by atoms with E-state index in [1.165, 1.54) is 4.90 Å².